The SMILES string of the molecule is O.O.O.O=P([O-])([O-])[O-].[Mg+2].[Mg+2]. The summed E-state index contributed by atoms with van der Waals surface area (Å²) in [5.74, 6) is 0. The van der Waals surface area contributed by atoms with Crippen molar-refractivity contribution in [3.8, 4) is 0 Å². The molecule has 0 aromatic rings. The molecular weight excluding hydrogens is 192 g/mol. The Morgan fingerprint density at radius 1 is 0.800 bits per heavy atom. The van der Waals surface area contributed by atoms with Crippen molar-refractivity contribution in [2.24, 2.45) is 0 Å². The van der Waals surface area contributed by atoms with E-state index in [-0.39, 0.29) is 62.5 Å². The zero-order valence-electron chi connectivity index (χ0n) is 4.99. The van der Waals surface area contributed by atoms with Crippen molar-refractivity contribution in [2.45, 2.75) is 0 Å². The third-order valence-corrected chi connectivity index (χ3v) is 0. The van der Waals surface area contributed by atoms with Crippen LogP contribution in [0.25, 0.3) is 0 Å². The van der Waals surface area contributed by atoms with E-state index in [1.165, 1.54) is 0 Å². The summed E-state index contributed by atoms with van der Waals surface area (Å²) < 4.78 is 8.55. The molecule has 0 aliphatic heterocycles. The van der Waals surface area contributed by atoms with Crippen LogP contribution in [0.5, 0.6) is 0 Å². The molecule has 0 saturated heterocycles. The molecule has 0 aliphatic carbocycles. The van der Waals surface area contributed by atoms with Gasteiger partial charge in [0.25, 0.3) is 0 Å². The standard InChI is InChI=1S/2Mg.H3O4P.3H2O/c;;1-5(2,3)4;;;/h;;(H3,1,2,3,4);3*1H2/q2*+2;;;;/p-3. The molecule has 6 N–H and O–H groups in total. The molecule has 0 rings (SSSR count). The predicted molar refractivity (Wildman–Crippen MR) is 30.0 cm³/mol. The van der Waals surface area contributed by atoms with Crippen molar-refractivity contribution >= 4 is 53.9 Å². The van der Waals surface area contributed by atoms with Crippen LogP contribution in [0.3, 0.4) is 0 Å². The van der Waals surface area contributed by atoms with Gasteiger partial charge in [0.2, 0.25) is 0 Å². The predicted octanol–water partition coefficient (Wildman–Crippen LogP) is -6.06. The fourth-order valence-electron chi connectivity index (χ4n) is 0. The molecule has 0 aliphatic rings. The molecule has 10 heavy (non-hydrogen) atoms. The maximum absolute atomic E-state index is 8.55. The van der Waals surface area contributed by atoms with Crippen molar-refractivity contribution in [3.05, 3.63) is 0 Å². The van der Waals surface area contributed by atoms with Crippen LogP contribution in [0.2, 0.25) is 0 Å². The van der Waals surface area contributed by atoms with E-state index >= 15 is 0 Å². The Morgan fingerprint density at radius 3 is 0.800 bits per heavy atom. The van der Waals surface area contributed by atoms with Crippen molar-refractivity contribution < 1.29 is 35.7 Å². The molecule has 56 valence electrons. The number of rotatable bonds is 0. The van der Waals surface area contributed by atoms with Crippen LogP contribution in [-0.2, 0) is 4.57 Å². The fraction of sp³-hybridized carbons (Fsp3) is 0. The van der Waals surface area contributed by atoms with Crippen molar-refractivity contribution in [1.29, 1.82) is 0 Å². The van der Waals surface area contributed by atoms with Gasteiger partial charge >= 0.3 is 46.1 Å². The molecule has 0 bridgehead atoms. The summed E-state index contributed by atoms with van der Waals surface area (Å²) in [5, 5.41) is 0. The zero-order valence-corrected chi connectivity index (χ0v) is 8.72. The Balaban J connectivity index is -0.00000000800. The second-order valence-electron chi connectivity index (χ2n) is 0.447. The maximum Gasteiger partial charge on any atom is 2.00 e. The van der Waals surface area contributed by atoms with Crippen LogP contribution in [-0.4, -0.2) is 62.5 Å². The Morgan fingerprint density at radius 2 is 0.800 bits per heavy atom. The average Bonchev–Trinajstić information content (AvgIpc) is 0.722. The largest absolute Gasteiger partial charge is 2.00 e. The van der Waals surface area contributed by atoms with Crippen LogP contribution < -0.4 is 14.7 Å². The van der Waals surface area contributed by atoms with Gasteiger partial charge in [0.1, 0.15) is 0 Å². The van der Waals surface area contributed by atoms with Crippen LogP contribution in [0.15, 0.2) is 0 Å². The van der Waals surface area contributed by atoms with E-state index in [9.17, 15) is 0 Å². The average molecular weight is 198 g/mol. The second kappa shape index (κ2) is 16.9. The molecule has 0 atom stereocenters. The summed E-state index contributed by atoms with van der Waals surface area (Å²) in [4.78, 5) is 25.6. The number of hydrogen-bond donors (Lipinski definition) is 0. The van der Waals surface area contributed by atoms with Gasteiger partial charge in [-0.3, -0.25) is 0 Å². The molecule has 0 amide bonds. The van der Waals surface area contributed by atoms with E-state index in [0.717, 1.165) is 0 Å². The topological polar surface area (TPSA) is 181 Å². The van der Waals surface area contributed by atoms with Crippen LogP contribution in [0, 0.1) is 0 Å². The first-order chi connectivity index (χ1) is 2.00. The first kappa shape index (κ1) is 41.8. The molecule has 0 fully saturated rings. The molecule has 0 aromatic carbocycles. The van der Waals surface area contributed by atoms with Gasteiger partial charge in [-0.2, -0.15) is 7.82 Å². The molecule has 0 saturated carbocycles. The monoisotopic (exact) mass is 197 g/mol. The second-order valence-corrected chi connectivity index (χ2v) is 1.34. The van der Waals surface area contributed by atoms with Gasteiger partial charge in [0.15, 0.2) is 0 Å². The number of phosphoric acid groups is 1. The Kier molecular flexibility index (Phi) is 70.5. The van der Waals surface area contributed by atoms with E-state index < -0.39 is 7.82 Å². The fourth-order valence-corrected chi connectivity index (χ4v) is 0. The van der Waals surface area contributed by atoms with E-state index in [0.29, 0.717) is 0 Å². The molecule has 0 spiro atoms. The smallest absolute Gasteiger partial charge is 0.822 e. The van der Waals surface area contributed by atoms with E-state index in [1.807, 2.05) is 0 Å². The maximum atomic E-state index is 8.55. The minimum absolute atomic E-state index is 0. The number of hydrogen-bond acceptors (Lipinski definition) is 4. The molecule has 0 heterocycles. The Labute approximate surface area is 89.3 Å². The van der Waals surface area contributed by atoms with Crippen LogP contribution in [0.4, 0.5) is 0 Å². The summed E-state index contributed by atoms with van der Waals surface area (Å²) in [6, 6.07) is 0. The van der Waals surface area contributed by atoms with Crippen molar-refractivity contribution in [2.75, 3.05) is 0 Å². The van der Waals surface area contributed by atoms with Crippen molar-refractivity contribution in [3.63, 3.8) is 0 Å². The molecule has 10 heteroatoms. The van der Waals surface area contributed by atoms with Gasteiger partial charge in [0, 0.05) is 0 Å². The minimum atomic E-state index is -5.39. The summed E-state index contributed by atoms with van der Waals surface area (Å²) in [6.07, 6.45) is 0. The zero-order chi connectivity index (χ0) is 4.50. The summed E-state index contributed by atoms with van der Waals surface area (Å²) in [5.41, 5.74) is 0. The summed E-state index contributed by atoms with van der Waals surface area (Å²) >= 11 is 0. The minimum Gasteiger partial charge on any atom is -0.822 e. The first-order valence-corrected chi connectivity index (χ1v) is 2.19. The third-order valence-electron chi connectivity index (χ3n) is 0. The third kappa shape index (κ3) is 298. The van der Waals surface area contributed by atoms with Gasteiger partial charge < -0.3 is 35.7 Å². The molecular formula is H6Mg2O7P+. The molecule has 0 aromatic heterocycles. The van der Waals surface area contributed by atoms with Gasteiger partial charge in [-0.05, 0) is 0 Å². The Hall–Kier alpha value is 1.52. The van der Waals surface area contributed by atoms with E-state index in [4.69, 9.17) is 19.2 Å². The van der Waals surface area contributed by atoms with Crippen LogP contribution in [0.1, 0.15) is 0 Å². The van der Waals surface area contributed by atoms with E-state index in [2.05, 4.69) is 0 Å². The van der Waals surface area contributed by atoms with Gasteiger partial charge in [-0.25, -0.2) is 0 Å². The van der Waals surface area contributed by atoms with Gasteiger partial charge in [0.05, 0.1) is 0 Å². The Bertz CT molecular complexity index is 57.7. The van der Waals surface area contributed by atoms with Gasteiger partial charge in [-0.15, -0.1) is 0 Å². The normalized spacial score (nSPS) is 5.90. The molecule has 0 unspecified atom stereocenters. The summed E-state index contributed by atoms with van der Waals surface area (Å²) in [6.45, 7) is 0. The van der Waals surface area contributed by atoms with Crippen molar-refractivity contribution in [1.82, 2.24) is 0 Å². The molecule has 0 radical (unpaired) electrons. The van der Waals surface area contributed by atoms with Crippen LogP contribution >= 0.6 is 7.82 Å². The first-order valence-electron chi connectivity index (χ1n) is 0.730. The molecule has 7 nitrogen and oxygen atoms in total. The van der Waals surface area contributed by atoms with E-state index in [1.54, 1.807) is 0 Å². The quantitative estimate of drug-likeness (QED) is 0.277. The van der Waals surface area contributed by atoms with Gasteiger partial charge in [-0.1, -0.05) is 0 Å². The summed E-state index contributed by atoms with van der Waals surface area (Å²) in [7, 11) is -5.39.